The van der Waals surface area contributed by atoms with Crippen molar-refractivity contribution in [2.45, 2.75) is 64.0 Å². The number of likely N-dealkylation sites (N-methyl/N-ethyl adjacent to an activating group) is 1. The van der Waals surface area contributed by atoms with E-state index in [2.05, 4.69) is 19.2 Å². The Morgan fingerprint density at radius 3 is 2.83 bits per heavy atom. The second-order valence-corrected chi connectivity index (χ2v) is 5.82. The SMILES string of the molecule is CNC1(C(N)=O)CCCC(OCCCC(C)C)C1. The zero-order chi connectivity index (χ0) is 13.6. The van der Waals surface area contributed by atoms with Crippen LogP contribution in [-0.2, 0) is 9.53 Å². The van der Waals surface area contributed by atoms with E-state index in [-0.39, 0.29) is 12.0 Å². The molecule has 106 valence electrons. The molecule has 0 bridgehead atoms. The van der Waals surface area contributed by atoms with Gasteiger partial charge in [0, 0.05) is 13.0 Å². The maximum absolute atomic E-state index is 11.6. The number of primary amides is 1. The molecule has 0 saturated heterocycles. The second-order valence-electron chi connectivity index (χ2n) is 5.82. The minimum absolute atomic E-state index is 0.172. The number of amides is 1. The Morgan fingerprint density at radius 2 is 2.28 bits per heavy atom. The molecule has 1 saturated carbocycles. The Morgan fingerprint density at radius 1 is 1.56 bits per heavy atom. The molecule has 0 aromatic rings. The molecule has 0 aromatic carbocycles. The number of carbonyl (C=O) groups is 1. The summed E-state index contributed by atoms with van der Waals surface area (Å²) in [5.74, 6) is 0.474. The topological polar surface area (TPSA) is 64.3 Å². The number of nitrogens with two attached hydrogens (primary N) is 1. The van der Waals surface area contributed by atoms with Crippen molar-refractivity contribution in [1.82, 2.24) is 5.32 Å². The van der Waals surface area contributed by atoms with Gasteiger partial charge in [-0.2, -0.15) is 0 Å². The van der Waals surface area contributed by atoms with Crippen LogP contribution in [0.2, 0.25) is 0 Å². The maximum Gasteiger partial charge on any atom is 0.237 e. The van der Waals surface area contributed by atoms with Crippen LogP contribution in [0.1, 0.15) is 52.4 Å². The number of rotatable bonds is 7. The van der Waals surface area contributed by atoms with Gasteiger partial charge in [0.15, 0.2) is 0 Å². The average molecular weight is 256 g/mol. The molecule has 18 heavy (non-hydrogen) atoms. The summed E-state index contributed by atoms with van der Waals surface area (Å²) >= 11 is 0. The van der Waals surface area contributed by atoms with E-state index in [1.807, 2.05) is 7.05 Å². The summed E-state index contributed by atoms with van der Waals surface area (Å²) in [6, 6.07) is 0. The minimum Gasteiger partial charge on any atom is -0.378 e. The molecule has 0 heterocycles. The largest absolute Gasteiger partial charge is 0.378 e. The van der Waals surface area contributed by atoms with Crippen LogP contribution in [0.5, 0.6) is 0 Å². The lowest BCUT2D eigenvalue weighted by molar-refractivity contribution is -0.128. The normalized spacial score (nSPS) is 28.6. The van der Waals surface area contributed by atoms with Gasteiger partial charge in [0.25, 0.3) is 0 Å². The first-order valence-corrected chi connectivity index (χ1v) is 7.10. The monoisotopic (exact) mass is 256 g/mol. The van der Waals surface area contributed by atoms with Crippen LogP contribution in [0.25, 0.3) is 0 Å². The molecule has 1 amide bonds. The highest BCUT2D eigenvalue weighted by molar-refractivity contribution is 5.84. The molecule has 0 aliphatic heterocycles. The molecule has 1 fully saturated rings. The van der Waals surface area contributed by atoms with E-state index in [0.717, 1.165) is 38.2 Å². The van der Waals surface area contributed by atoms with E-state index in [1.54, 1.807) is 0 Å². The van der Waals surface area contributed by atoms with E-state index in [0.29, 0.717) is 6.42 Å². The molecular formula is C14H28N2O2. The van der Waals surface area contributed by atoms with Crippen LogP contribution >= 0.6 is 0 Å². The first-order chi connectivity index (χ1) is 8.50. The first-order valence-electron chi connectivity index (χ1n) is 7.10. The van der Waals surface area contributed by atoms with E-state index < -0.39 is 5.54 Å². The van der Waals surface area contributed by atoms with Gasteiger partial charge in [0.2, 0.25) is 5.91 Å². The van der Waals surface area contributed by atoms with Crippen molar-refractivity contribution < 1.29 is 9.53 Å². The molecule has 1 aliphatic rings. The fraction of sp³-hybridized carbons (Fsp3) is 0.929. The van der Waals surface area contributed by atoms with Crippen molar-refractivity contribution in [3.63, 3.8) is 0 Å². The zero-order valence-electron chi connectivity index (χ0n) is 12.0. The van der Waals surface area contributed by atoms with Gasteiger partial charge in [0.1, 0.15) is 0 Å². The highest BCUT2D eigenvalue weighted by atomic mass is 16.5. The van der Waals surface area contributed by atoms with Crippen LogP contribution in [0.4, 0.5) is 0 Å². The zero-order valence-corrected chi connectivity index (χ0v) is 12.0. The molecule has 2 atom stereocenters. The second kappa shape index (κ2) is 7.10. The smallest absolute Gasteiger partial charge is 0.237 e. The van der Waals surface area contributed by atoms with Gasteiger partial charge in [0.05, 0.1) is 11.6 Å². The average Bonchev–Trinajstić information content (AvgIpc) is 2.34. The predicted octanol–water partition coefficient (Wildman–Crippen LogP) is 1.83. The summed E-state index contributed by atoms with van der Waals surface area (Å²) in [6.45, 7) is 5.24. The predicted molar refractivity (Wildman–Crippen MR) is 73.3 cm³/mol. The number of hydrogen-bond donors (Lipinski definition) is 2. The summed E-state index contributed by atoms with van der Waals surface area (Å²) in [5, 5.41) is 3.10. The lowest BCUT2D eigenvalue weighted by Gasteiger charge is -2.38. The Balaban J connectivity index is 2.37. The van der Waals surface area contributed by atoms with E-state index in [1.165, 1.54) is 6.42 Å². The number of ether oxygens (including phenoxy) is 1. The molecule has 2 unspecified atom stereocenters. The molecule has 0 aromatic heterocycles. The van der Waals surface area contributed by atoms with Crippen LogP contribution in [-0.4, -0.2) is 31.2 Å². The van der Waals surface area contributed by atoms with E-state index >= 15 is 0 Å². The molecule has 4 heteroatoms. The summed E-state index contributed by atoms with van der Waals surface area (Å²) in [4.78, 5) is 11.6. The molecular weight excluding hydrogens is 228 g/mol. The molecule has 1 rings (SSSR count). The van der Waals surface area contributed by atoms with Crippen molar-refractivity contribution in [2.75, 3.05) is 13.7 Å². The van der Waals surface area contributed by atoms with Crippen molar-refractivity contribution in [3.05, 3.63) is 0 Å². The third kappa shape index (κ3) is 4.25. The number of nitrogens with one attached hydrogen (secondary N) is 1. The van der Waals surface area contributed by atoms with Crippen LogP contribution in [0, 0.1) is 5.92 Å². The molecule has 0 spiro atoms. The highest BCUT2D eigenvalue weighted by Gasteiger charge is 2.40. The maximum atomic E-state index is 11.6. The van der Waals surface area contributed by atoms with Crippen molar-refractivity contribution in [3.8, 4) is 0 Å². The van der Waals surface area contributed by atoms with Crippen LogP contribution in [0.15, 0.2) is 0 Å². The number of hydrogen-bond acceptors (Lipinski definition) is 3. The minimum atomic E-state index is -0.555. The standard InChI is InChI=1S/C14H28N2O2/c1-11(2)6-5-9-18-12-7-4-8-14(10-12,16-3)13(15)17/h11-12,16H,4-10H2,1-3H3,(H2,15,17). The fourth-order valence-electron chi connectivity index (χ4n) is 2.68. The Labute approximate surface area is 111 Å². The lowest BCUT2D eigenvalue weighted by Crippen LogP contribution is -2.57. The Hall–Kier alpha value is -0.610. The van der Waals surface area contributed by atoms with Crippen molar-refractivity contribution >= 4 is 5.91 Å². The fourth-order valence-corrected chi connectivity index (χ4v) is 2.68. The summed E-state index contributed by atoms with van der Waals surface area (Å²) < 4.78 is 5.89. The summed E-state index contributed by atoms with van der Waals surface area (Å²) in [6.07, 6.45) is 6.03. The Kier molecular flexibility index (Phi) is 6.09. The molecule has 3 N–H and O–H groups in total. The van der Waals surface area contributed by atoms with Gasteiger partial charge in [-0.25, -0.2) is 0 Å². The van der Waals surface area contributed by atoms with Gasteiger partial charge in [-0.3, -0.25) is 4.79 Å². The van der Waals surface area contributed by atoms with Crippen LogP contribution in [0.3, 0.4) is 0 Å². The number of carbonyl (C=O) groups excluding carboxylic acids is 1. The first kappa shape index (κ1) is 15.4. The van der Waals surface area contributed by atoms with Crippen molar-refractivity contribution in [2.24, 2.45) is 11.7 Å². The molecule has 1 aliphatic carbocycles. The van der Waals surface area contributed by atoms with Gasteiger partial charge < -0.3 is 15.8 Å². The third-order valence-electron chi connectivity index (χ3n) is 3.94. The molecule has 4 nitrogen and oxygen atoms in total. The van der Waals surface area contributed by atoms with E-state index in [4.69, 9.17) is 10.5 Å². The summed E-state index contributed by atoms with van der Waals surface area (Å²) in [7, 11) is 1.81. The third-order valence-corrected chi connectivity index (χ3v) is 3.94. The van der Waals surface area contributed by atoms with Gasteiger partial charge in [-0.15, -0.1) is 0 Å². The summed E-state index contributed by atoms with van der Waals surface area (Å²) in [5.41, 5.74) is 4.96. The highest BCUT2D eigenvalue weighted by Crippen LogP contribution is 2.30. The van der Waals surface area contributed by atoms with Gasteiger partial charge >= 0.3 is 0 Å². The van der Waals surface area contributed by atoms with Gasteiger partial charge in [-0.1, -0.05) is 13.8 Å². The Bertz CT molecular complexity index is 269. The van der Waals surface area contributed by atoms with Crippen molar-refractivity contribution in [1.29, 1.82) is 0 Å². The lowest BCUT2D eigenvalue weighted by atomic mass is 9.79. The van der Waals surface area contributed by atoms with Gasteiger partial charge in [-0.05, 0) is 45.1 Å². The quantitative estimate of drug-likeness (QED) is 0.683. The van der Waals surface area contributed by atoms with Crippen LogP contribution < -0.4 is 11.1 Å². The molecule has 0 radical (unpaired) electrons. The van der Waals surface area contributed by atoms with E-state index in [9.17, 15) is 4.79 Å².